The second kappa shape index (κ2) is 11.2. The maximum Gasteiger partial charge on any atom is 0.326 e. The zero-order chi connectivity index (χ0) is 22.2. The molecular weight excluding hydrogens is 535 g/mol. The Labute approximate surface area is 192 Å². The van der Waals surface area contributed by atoms with Crippen LogP contribution in [-0.4, -0.2) is 35.6 Å². The average Bonchev–Trinajstić information content (AvgIpc) is 2.66. The van der Waals surface area contributed by atoms with Gasteiger partial charge in [0.05, 0.1) is 0 Å². The van der Waals surface area contributed by atoms with E-state index in [1.807, 2.05) is 30.3 Å². The molecule has 0 fully saturated rings. The summed E-state index contributed by atoms with van der Waals surface area (Å²) in [6.07, 6.45) is 0. The van der Waals surface area contributed by atoms with Gasteiger partial charge in [-0.05, 0) is 52.4 Å². The molecule has 0 bridgehead atoms. The lowest BCUT2D eigenvalue weighted by molar-refractivity contribution is -0.133. The first-order valence-electron chi connectivity index (χ1n) is 9.45. The lowest BCUT2D eigenvalue weighted by Gasteiger charge is -2.16. The van der Waals surface area contributed by atoms with Gasteiger partial charge in [-0.2, -0.15) is 13.1 Å². The highest BCUT2D eigenvalue weighted by atomic mass is 127. The molecule has 10 heteroatoms. The van der Waals surface area contributed by atoms with Gasteiger partial charge in [0.15, 0.2) is 11.5 Å². The Morgan fingerprint density at radius 2 is 1.73 bits per heavy atom. The number of hydrogen-bond donors (Lipinski definition) is 2. The van der Waals surface area contributed by atoms with Crippen molar-refractivity contribution in [2.75, 3.05) is 13.1 Å². The van der Waals surface area contributed by atoms with Gasteiger partial charge in [0.25, 0.3) is 10.2 Å². The molecule has 0 amide bonds. The number of carbonyl (C=O) groups excluding carboxylic acids is 1. The highest BCUT2D eigenvalue weighted by molar-refractivity contribution is 14.1. The Kier molecular flexibility index (Phi) is 9.28. The van der Waals surface area contributed by atoms with Gasteiger partial charge in [-0.3, -0.25) is 4.79 Å². The number of nitrogens with one attached hydrogen (secondary N) is 2. The van der Waals surface area contributed by atoms with Gasteiger partial charge in [0.2, 0.25) is 0 Å². The fourth-order valence-corrected chi connectivity index (χ4v) is 4.64. The Morgan fingerprint density at radius 1 is 1.03 bits per heavy atom. The average molecular weight is 563 g/mol. The Morgan fingerprint density at radius 3 is 2.40 bits per heavy atom. The molecule has 7 nitrogen and oxygen atoms in total. The van der Waals surface area contributed by atoms with Crippen molar-refractivity contribution >= 4 is 46.8 Å². The Hall–Kier alpha value is -1.47. The van der Waals surface area contributed by atoms with E-state index in [4.69, 9.17) is 9.47 Å². The number of halogens is 1. The fourth-order valence-electron chi connectivity index (χ4n) is 2.34. The predicted molar refractivity (Wildman–Crippen MR) is 129 cm³/mol. The summed E-state index contributed by atoms with van der Waals surface area (Å²) in [6.45, 7) is 6.65. The van der Waals surface area contributed by atoms with E-state index in [-0.39, 0.29) is 5.75 Å². The molecule has 0 aliphatic heterocycles. The second-order valence-electron chi connectivity index (χ2n) is 7.87. The van der Waals surface area contributed by atoms with E-state index in [9.17, 15) is 13.2 Å². The van der Waals surface area contributed by atoms with Crippen molar-refractivity contribution in [1.29, 1.82) is 0 Å². The van der Waals surface area contributed by atoms with Crippen LogP contribution in [0, 0.1) is 3.57 Å². The molecule has 2 aromatic rings. The van der Waals surface area contributed by atoms with Gasteiger partial charge in [-0.25, -0.2) is 4.72 Å². The van der Waals surface area contributed by atoms with Crippen LogP contribution in [0.1, 0.15) is 5.56 Å². The van der Waals surface area contributed by atoms with E-state index < -0.39 is 30.8 Å². The minimum absolute atomic E-state index is 0.238. The molecule has 30 heavy (non-hydrogen) atoms. The maximum absolute atomic E-state index is 12.2. The van der Waals surface area contributed by atoms with Crippen LogP contribution in [0.25, 0.3) is 0 Å². The highest BCUT2D eigenvalue weighted by Crippen LogP contribution is 2.30. The smallest absolute Gasteiger partial charge is 0.326 e. The molecule has 164 valence electrons. The van der Waals surface area contributed by atoms with Crippen LogP contribution >= 0.6 is 22.6 Å². The molecule has 0 unspecified atom stereocenters. The third-order valence-electron chi connectivity index (χ3n) is 3.94. The molecule has 2 aromatic carbocycles. The number of rotatable bonds is 11. The predicted octanol–water partition coefficient (Wildman–Crippen LogP) is 3.54. The van der Waals surface area contributed by atoms with Crippen LogP contribution in [0.3, 0.4) is 0 Å². The van der Waals surface area contributed by atoms with Crippen LogP contribution in [0.15, 0.2) is 48.5 Å². The van der Waals surface area contributed by atoms with E-state index in [0.717, 1.165) is 15.2 Å². The summed E-state index contributed by atoms with van der Waals surface area (Å²) in [4.78, 5) is 12.2. The van der Waals surface area contributed by atoms with Gasteiger partial charge in [0.1, 0.15) is 13.2 Å². The van der Waals surface area contributed by atoms with Crippen molar-refractivity contribution in [3.63, 3.8) is 0 Å². The first-order valence-corrected chi connectivity index (χ1v) is 15.7. The number of esters is 1. The van der Waals surface area contributed by atoms with Crippen molar-refractivity contribution in [2.45, 2.75) is 32.3 Å². The zero-order valence-electron chi connectivity index (χ0n) is 17.3. The van der Waals surface area contributed by atoms with Crippen LogP contribution in [0.2, 0.25) is 25.7 Å². The first kappa shape index (κ1) is 24.8. The van der Waals surface area contributed by atoms with E-state index in [2.05, 4.69) is 51.7 Å². The zero-order valence-corrected chi connectivity index (χ0v) is 21.2. The van der Waals surface area contributed by atoms with Gasteiger partial charge >= 0.3 is 5.97 Å². The van der Waals surface area contributed by atoms with E-state index in [1.165, 1.54) is 0 Å². The summed E-state index contributed by atoms with van der Waals surface area (Å²) in [5.41, 5.74) is 0.978. The molecule has 0 atom stereocenters. The third-order valence-corrected chi connectivity index (χ3v) is 7.47. The van der Waals surface area contributed by atoms with Gasteiger partial charge in [-0.15, -0.1) is 0 Å². The lowest BCUT2D eigenvalue weighted by atomic mass is 10.2. The number of carbonyl (C=O) groups is 1. The molecule has 0 radical (unpaired) electrons. The minimum Gasteiger partial charge on any atom is -0.485 e. The van der Waals surface area contributed by atoms with E-state index in [1.54, 1.807) is 18.2 Å². The second-order valence-corrected chi connectivity index (χ2v) is 16.3. The number of hydrogen-bond acceptors (Lipinski definition) is 5. The van der Waals surface area contributed by atoms with Crippen molar-refractivity contribution < 1.29 is 22.7 Å². The quantitative estimate of drug-likeness (QED) is 0.189. The van der Waals surface area contributed by atoms with Crippen LogP contribution in [0.5, 0.6) is 11.5 Å². The summed E-state index contributed by atoms with van der Waals surface area (Å²) in [6, 6.07) is 15.6. The van der Waals surface area contributed by atoms with Gasteiger partial charge in [0, 0.05) is 18.2 Å². The molecule has 0 aliphatic rings. The Balaban J connectivity index is 1.91. The molecule has 2 rings (SSSR count). The normalized spacial score (nSPS) is 11.9. The van der Waals surface area contributed by atoms with Gasteiger partial charge in [-0.1, -0.05) is 50.0 Å². The summed E-state index contributed by atoms with van der Waals surface area (Å²) in [5, 5.41) is 0. The standard InChI is InChI=1S/C20H27IN2O5SSi/c1-30(2,3)12-11-22-29(25,26)23-14-20(24)28-18-10-9-17(21)13-19(18)27-15-16-7-5-4-6-8-16/h4-10,13,22-23H,11-12,14-15H2,1-3H3. The van der Waals surface area contributed by atoms with Crippen LogP contribution in [0.4, 0.5) is 0 Å². The molecule has 0 saturated carbocycles. The molecule has 0 aliphatic carbocycles. The van der Waals surface area contributed by atoms with Crippen LogP contribution in [-0.2, 0) is 21.6 Å². The summed E-state index contributed by atoms with van der Waals surface area (Å²) in [5.74, 6) is -0.0752. The van der Waals surface area contributed by atoms with Crippen molar-refractivity contribution in [3.05, 3.63) is 57.7 Å². The topological polar surface area (TPSA) is 93.7 Å². The number of benzene rings is 2. The maximum atomic E-state index is 12.2. The van der Waals surface area contributed by atoms with Crippen molar-refractivity contribution in [3.8, 4) is 11.5 Å². The van der Waals surface area contributed by atoms with E-state index >= 15 is 0 Å². The monoisotopic (exact) mass is 562 g/mol. The fraction of sp³-hybridized carbons (Fsp3) is 0.350. The summed E-state index contributed by atoms with van der Waals surface area (Å²) < 4.78 is 40.7. The van der Waals surface area contributed by atoms with Crippen molar-refractivity contribution in [1.82, 2.24) is 9.44 Å². The van der Waals surface area contributed by atoms with Crippen LogP contribution < -0.4 is 18.9 Å². The molecule has 0 heterocycles. The lowest BCUT2D eigenvalue weighted by Crippen LogP contribution is -2.41. The third kappa shape index (κ3) is 9.56. The molecule has 2 N–H and O–H groups in total. The van der Waals surface area contributed by atoms with Gasteiger partial charge < -0.3 is 9.47 Å². The molecule has 0 spiro atoms. The number of ether oxygens (including phenoxy) is 2. The molecule has 0 aromatic heterocycles. The molecule has 0 saturated heterocycles. The summed E-state index contributed by atoms with van der Waals surface area (Å²) in [7, 11) is -5.12. The first-order chi connectivity index (χ1) is 14.0. The minimum atomic E-state index is -3.77. The molecular formula is C20H27IN2O5SSi. The summed E-state index contributed by atoms with van der Waals surface area (Å²) >= 11 is 2.14. The Bertz CT molecular complexity index is 949. The SMILES string of the molecule is C[Si](C)(C)CCNS(=O)(=O)NCC(=O)Oc1ccc(I)cc1OCc1ccccc1. The highest BCUT2D eigenvalue weighted by Gasteiger charge is 2.18. The largest absolute Gasteiger partial charge is 0.485 e. The van der Waals surface area contributed by atoms with Crippen molar-refractivity contribution in [2.24, 2.45) is 0 Å². The van der Waals surface area contributed by atoms with E-state index in [0.29, 0.717) is 18.9 Å².